The van der Waals surface area contributed by atoms with Crippen LogP contribution in [0.1, 0.15) is 29.9 Å². The molecule has 0 fully saturated rings. The molecule has 3 heterocycles. The predicted octanol–water partition coefficient (Wildman–Crippen LogP) is 6.51. The topological polar surface area (TPSA) is 83.0 Å². The van der Waals surface area contributed by atoms with Crippen LogP contribution in [0.15, 0.2) is 105 Å². The maximum atomic E-state index is 14.1. The second-order valence-electron chi connectivity index (χ2n) is 9.54. The number of hydrogen-bond donors (Lipinski definition) is 0. The molecule has 1 aliphatic heterocycles. The highest BCUT2D eigenvalue weighted by atomic mass is 35.5. The van der Waals surface area contributed by atoms with E-state index < -0.39 is 12.0 Å². The van der Waals surface area contributed by atoms with Crippen molar-refractivity contribution in [3.8, 4) is 17.1 Å². The molecule has 43 heavy (non-hydrogen) atoms. The molecule has 216 valence electrons. The number of carbonyl (C=O) groups is 1. The van der Waals surface area contributed by atoms with Crippen molar-refractivity contribution >= 4 is 52.3 Å². The lowest BCUT2D eigenvalue weighted by atomic mass is 9.93. The second kappa shape index (κ2) is 12.1. The Labute approximate surface area is 260 Å². The first-order valence-electron chi connectivity index (χ1n) is 13.4. The number of ether oxygens (including phenoxy) is 2. The van der Waals surface area contributed by atoms with Gasteiger partial charge in [0.15, 0.2) is 4.80 Å². The van der Waals surface area contributed by atoms with E-state index in [0.717, 1.165) is 11.1 Å². The number of rotatable bonds is 7. The molecule has 2 aromatic heterocycles. The molecule has 5 aromatic rings. The van der Waals surface area contributed by atoms with Gasteiger partial charge < -0.3 is 13.9 Å². The van der Waals surface area contributed by atoms with Gasteiger partial charge in [0.2, 0.25) is 0 Å². The van der Waals surface area contributed by atoms with Gasteiger partial charge in [-0.1, -0.05) is 77.0 Å². The Kier molecular flexibility index (Phi) is 8.08. The van der Waals surface area contributed by atoms with E-state index in [-0.39, 0.29) is 17.7 Å². The summed E-state index contributed by atoms with van der Waals surface area (Å²) < 4.78 is 18.8. The van der Waals surface area contributed by atoms with Crippen molar-refractivity contribution in [1.29, 1.82) is 0 Å². The fraction of sp³-hybridized carbons (Fsp3) is 0.121. The van der Waals surface area contributed by atoms with Crippen LogP contribution in [0.4, 0.5) is 0 Å². The molecule has 0 amide bonds. The van der Waals surface area contributed by atoms with Crippen LogP contribution >= 0.6 is 34.5 Å². The van der Waals surface area contributed by atoms with E-state index in [0.29, 0.717) is 47.9 Å². The third kappa shape index (κ3) is 5.57. The lowest BCUT2D eigenvalue weighted by molar-refractivity contribution is -0.138. The third-order valence-corrected chi connectivity index (χ3v) is 8.63. The van der Waals surface area contributed by atoms with Gasteiger partial charge in [0.05, 0.1) is 45.6 Å². The summed E-state index contributed by atoms with van der Waals surface area (Å²) in [5, 5.41) is 0.859. The van der Waals surface area contributed by atoms with Gasteiger partial charge in [-0.25, -0.2) is 9.79 Å². The van der Waals surface area contributed by atoms with E-state index in [9.17, 15) is 9.59 Å². The highest BCUT2D eigenvalue weighted by Crippen LogP contribution is 2.36. The SMILES string of the molecule is CCOC(=O)C1=C(c2ccccc2)N=c2s/c(=C\c3ccc(-c4ccc(Cl)c(Cl)c4)o3)c(=O)n2[C@@H]1c1ccc(OC)cc1. The van der Waals surface area contributed by atoms with Gasteiger partial charge in [-0.3, -0.25) is 9.36 Å². The summed E-state index contributed by atoms with van der Waals surface area (Å²) in [6.07, 6.45) is 1.67. The van der Waals surface area contributed by atoms with E-state index in [1.807, 2.05) is 48.5 Å². The molecule has 1 aliphatic rings. The summed E-state index contributed by atoms with van der Waals surface area (Å²) >= 11 is 13.5. The third-order valence-electron chi connectivity index (χ3n) is 6.91. The van der Waals surface area contributed by atoms with Crippen molar-refractivity contribution in [2.75, 3.05) is 13.7 Å². The van der Waals surface area contributed by atoms with Gasteiger partial charge in [0, 0.05) is 17.2 Å². The number of aromatic nitrogens is 1. The summed E-state index contributed by atoms with van der Waals surface area (Å²) in [6, 6.07) is 24.7. The molecule has 10 heteroatoms. The minimum Gasteiger partial charge on any atom is -0.497 e. The van der Waals surface area contributed by atoms with Crippen molar-refractivity contribution in [2.45, 2.75) is 13.0 Å². The Balaban J connectivity index is 1.55. The van der Waals surface area contributed by atoms with Gasteiger partial charge in [0.25, 0.3) is 5.56 Å². The fourth-order valence-corrected chi connectivity index (χ4v) is 6.19. The van der Waals surface area contributed by atoms with Crippen LogP contribution in [0.3, 0.4) is 0 Å². The van der Waals surface area contributed by atoms with Crippen molar-refractivity contribution in [3.63, 3.8) is 0 Å². The first-order chi connectivity index (χ1) is 20.9. The molecule has 3 aromatic carbocycles. The summed E-state index contributed by atoms with van der Waals surface area (Å²) in [5.41, 5.74) is 2.61. The zero-order valence-electron chi connectivity index (χ0n) is 23.0. The molecule has 6 rings (SSSR count). The summed E-state index contributed by atoms with van der Waals surface area (Å²) in [5.74, 6) is 1.15. The molecular formula is C33H24Cl2N2O5S. The predicted molar refractivity (Wildman–Crippen MR) is 168 cm³/mol. The van der Waals surface area contributed by atoms with Gasteiger partial charge in [-0.2, -0.15) is 0 Å². The maximum Gasteiger partial charge on any atom is 0.338 e. The molecular weight excluding hydrogens is 607 g/mol. The first-order valence-corrected chi connectivity index (χ1v) is 14.9. The Hall–Kier alpha value is -4.37. The van der Waals surface area contributed by atoms with Crippen LogP contribution in [0.25, 0.3) is 23.1 Å². The number of carbonyl (C=O) groups excluding carboxylic acids is 1. The van der Waals surface area contributed by atoms with Gasteiger partial charge in [-0.15, -0.1) is 0 Å². The van der Waals surface area contributed by atoms with Crippen LogP contribution in [0.5, 0.6) is 5.75 Å². The summed E-state index contributed by atoms with van der Waals surface area (Å²) in [6.45, 7) is 1.91. The molecule has 1 atom stereocenters. The van der Waals surface area contributed by atoms with Crippen molar-refractivity contribution in [2.24, 2.45) is 4.99 Å². The number of fused-ring (bicyclic) bond motifs is 1. The molecule has 0 aliphatic carbocycles. The quantitative estimate of drug-likeness (QED) is 0.191. The highest BCUT2D eigenvalue weighted by Gasteiger charge is 2.35. The molecule has 0 unspecified atom stereocenters. The second-order valence-corrected chi connectivity index (χ2v) is 11.4. The van der Waals surface area contributed by atoms with Crippen molar-refractivity contribution in [3.05, 3.63) is 137 Å². The zero-order valence-corrected chi connectivity index (χ0v) is 25.4. The number of benzene rings is 3. The Morgan fingerprint density at radius 3 is 2.47 bits per heavy atom. The number of hydrogen-bond acceptors (Lipinski definition) is 7. The van der Waals surface area contributed by atoms with E-state index in [2.05, 4.69) is 0 Å². The first kappa shape index (κ1) is 28.7. The molecule has 0 bridgehead atoms. The van der Waals surface area contributed by atoms with Gasteiger partial charge >= 0.3 is 5.97 Å². The average molecular weight is 632 g/mol. The van der Waals surface area contributed by atoms with Crippen molar-refractivity contribution in [1.82, 2.24) is 4.57 Å². The lowest BCUT2D eigenvalue weighted by Crippen LogP contribution is -2.40. The van der Waals surface area contributed by atoms with Crippen LogP contribution in [-0.4, -0.2) is 24.3 Å². The monoisotopic (exact) mass is 630 g/mol. The van der Waals surface area contributed by atoms with Crippen LogP contribution < -0.4 is 19.6 Å². The number of methoxy groups -OCH3 is 1. The van der Waals surface area contributed by atoms with Gasteiger partial charge in [-0.05, 0) is 55.0 Å². The molecule has 0 N–H and O–H groups in total. The fourth-order valence-electron chi connectivity index (χ4n) is 4.91. The highest BCUT2D eigenvalue weighted by molar-refractivity contribution is 7.07. The largest absolute Gasteiger partial charge is 0.497 e. The molecule has 7 nitrogen and oxygen atoms in total. The van der Waals surface area contributed by atoms with E-state index in [4.69, 9.17) is 42.1 Å². The molecule has 0 spiro atoms. The number of nitrogens with zero attached hydrogens (tertiary/aromatic N) is 2. The smallest absolute Gasteiger partial charge is 0.338 e. The Morgan fingerprint density at radius 1 is 1.00 bits per heavy atom. The van der Waals surface area contributed by atoms with E-state index in [1.54, 1.807) is 61.1 Å². The number of esters is 1. The molecule has 0 saturated heterocycles. The summed E-state index contributed by atoms with van der Waals surface area (Å²) in [4.78, 5) is 32.9. The standard InChI is InChI=1S/C33H24Cl2N2O5S/c1-3-41-32(39)28-29(19-7-5-4-6-8-19)36-33-37(30(28)20-9-12-22(40-2)13-10-20)31(38)27(43-33)18-23-14-16-26(42-23)21-11-15-24(34)25(35)17-21/h4-18,30H,3H2,1-2H3/b27-18-/t30-/m1/s1. The normalized spacial score (nSPS) is 14.8. The van der Waals surface area contributed by atoms with Crippen LogP contribution in [0.2, 0.25) is 10.0 Å². The van der Waals surface area contributed by atoms with Crippen LogP contribution in [-0.2, 0) is 9.53 Å². The van der Waals surface area contributed by atoms with E-state index >= 15 is 0 Å². The minimum atomic E-state index is -0.790. The Bertz CT molecular complexity index is 2040. The van der Waals surface area contributed by atoms with Crippen molar-refractivity contribution < 1.29 is 18.7 Å². The lowest BCUT2D eigenvalue weighted by Gasteiger charge is -2.26. The zero-order chi connectivity index (χ0) is 30.1. The number of thiazole rings is 1. The van der Waals surface area contributed by atoms with Crippen LogP contribution in [0, 0.1) is 0 Å². The number of furan rings is 1. The Morgan fingerprint density at radius 2 is 1.77 bits per heavy atom. The van der Waals surface area contributed by atoms with E-state index in [1.165, 1.54) is 11.3 Å². The molecule has 0 radical (unpaired) electrons. The number of halogens is 2. The molecule has 0 saturated carbocycles. The average Bonchev–Trinajstić information content (AvgIpc) is 3.62. The summed E-state index contributed by atoms with van der Waals surface area (Å²) in [7, 11) is 1.58. The maximum absolute atomic E-state index is 14.1. The minimum absolute atomic E-state index is 0.170. The van der Waals surface area contributed by atoms with Gasteiger partial charge in [0.1, 0.15) is 17.3 Å².